The van der Waals surface area contributed by atoms with Gasteiger partial charge >= 0.3 is 0 Å². The minimum atomic E-state index is 0.759. The summed E-state index contributed by atoms with van der Waals surface area (Å²) in [6, 6.07) is 8.37. The van der Waals surface area contributed by atoms with Gasteiger partial charge in [-0.15, -0.1) is 0 Å². The van der Waals surface area contributed by atoms with Gasteiger partial charge in [-0.2, -0.15) is 0 Å². The van der Waals surface area contributed by atoms with Crippen molar-refractivity contribution in [3.8, 4) is 5.75 Å². The Kier molecular flexibility index (Phi) is 6.66. The molecule has 0 atom stereocenters. The van der Waals surface area contributed by atoms with E-state index in [1.165, 1.54) is 18.4 Å². The molecule has 0 unspecified atom stereocenters. The number of unbranched alkanes of at least 4 members (excludes halogenated alkanes) is 2. The zero-order valence-electron chi connectivity index (χ0n) is 10.2. The van der Waals surface area contributed by atoms with Crippen LogP contribution in [0.3, 0.4) is 0 Å². The summed E-state index contributed by atoms with van der Waals surface area (Å²) in [5.74, 6) is 0.979. The van der Waals surface area contributed by atoms with E-state index in [0.29, 0.717) is 0 Å². The molecule has 0 aliphatic heterocycles. The van der Waals surface area contributed by atoms with Crippen molar-refractivity contribution in [1.82, 2.24) is 0 Å². The van der Waals surface area contributed by atoms with E-state index >= 15 is 0 Å². The predicted molar refractivity (Wildman–Crippen MR) is 68.8 cm³/mol. The quantitative estimate of drug-likeness (QED) is 0.684. The Hall–Kier alpha value is -1.02. The molecule has 0 heterocycles. The van der Waals surface area contributed by atoms with E-state index in [1.807, 2.05) is 0 Å². The van der Waals surface area contributed by atoms with Crippen molar-refractivity contribution in [2.45, 2.75) is 39.0 Å². The second kappa shape index (κ2) is 8.17. The second-order valence-corrected chi connectivity index (χ2v) is 4.09. The lowest BCUT2D eigenvalue weighted by Crippen LogP contribution is -2.00. The van der Waals surface area contributed by atoms with Crippen LogP contribution in [0.1, 0.15) is 38.2 Å². The third kappa shape index (κ3) is 5.17. The number of benzene rings is 1. The Morgan fingerprint density at radius 2 is 1.81 bits per heavy atom. The lowest BCUT2D eigenvalue weighted by Gasteiger charge is -2.06. The SMILES string of the molecule is CCCCCOc1ccc(CCCN)cc1. The topological polar surface area (TPSA) is 35.2 Å². The van der Waals surface area contributed by atoms with E-state index in [0.717, 1.165) is 38.2 Å². The van der Waals surface area contributed by atoms with E-state index in [4.69, 9.17) is 10.5 Å². The molecule has 1 aromatic rings. The van der Waals surface area contributed by atoms with Gasteiger partial charge in [-0.05, 0) is 43.5 Å². The first-order valence-corrected chi connectivity index (χ1v) is 6.28. The Bertz CT molecular complexity index is 269. The lowest BCUT2D eigenvalue weighted by atomic mass is 10.1. The summed E-state index contributed by atoms with van der Waals surface area (Å²) in [5.41, 5.74) is 6.81. The van der Waals surface area contributed by atoms with Gasteiger partial charge in [0.15, 0.2) is 0 Å². The highest BCUT2D eigenvalue weighted by atomic mass is 16.5. The summed E-state index contributed by atoms with van der Waals surface area (Å²) < 4.78 is 5.64. The monoisotopic (exact) mass is 221 g/mol. The van der Waals surface area contributed by atoms with E-state index in [9.17, 15) is 0 Å². The summed E-state index contributed by atoms with van der Waals surface area (Å²) in [4.78, 5) is 0. The molecule has 2 nitrogen and oxygen atoms in total. The van der Waals surface area contributed by atoms with Gasteiger partial charge in [0.05, 0.1) is 6.61 Å². The first-order valence-electron chi connectivity index (χ1n) is 6.28. The lowest BCUT2D eigenvalue weighted by molar-refractivity contribution is 0.306. The highest BCUT2D eigenvalue weighted by Crippen LogP contribution is 2.13. The highest BCUT2D eigenvalue weighted by Gasteiger charge is 1.95. The molecule has 0 spiro atoms. The number of hydrogen-bond donors (Lipinski definition) is 1. The molecule has 1 aromatic carbocycles. The van der Waals surface area contributed by atoms with Gasteiger partial charge in [-0.25, -0.2) is 0 Å². The summed E-state index contributed by atoms with van der Waals surface area (Å²) in [7, 11) is 0. The van der Waals surface area contributed by atoms with Gasteiger partial charge in [0.2, 0.25) is 0 Å². The fourth-order valence-electron chi connectivity index (χ4n) is 1.60. The largest absolute Gasteiger partial charge is 0.494 e. The Labute approximate surface area is 98.8 Å². The van der Waals surface area contributed by atoms with Gasteiger partial charge in [0, 0.05) is 0 Å². The number of rotatable bonds is 8. The molecule has 0 aromatic heterocycles. The summed E-state index contributed by atoms with van der Waals surface area (Å²) >= 11 is 0. The molecular weight excluding hydrogens is 198 g/mol. The summed E-state index contributed by atoms with van der Waals surface area (Å²) in [6.07, 6.45) is 5.74. The Morgan fingerprint density at radius 3 is 2.44 bits per heavy atom. The van der Waals surface area contributed by atoms with Gasteiger partial charge in [-0.1, -0.05) is 31.9 Å². The molecule has 0 fully saturated rings. The molecule has 2 N–H and O–H groups in total. The van der Waals surface area contributed by atoms with Crippen LogP contribution in [-0.4, -0.2) is 13.2 Å². The number of hydrogen-bond acceptors (Lipinski definition) is 2. The van der Waals surface area contributed by atoms with Crippen LogP contribution >= 0.6 is 0 Å². The molecule has 0 radical (unpaired) electrons. The minimum absolute atomic E-state index is 0.759. The molecular formula is C14H23NO. The second-order valence-electron chi connectivity index (χ2n) is 4.09. The fourth-order valence-corrected chi connectivity index (χ4v) is 1.60. The van der Waals surface area contributed by atoms with Crippen LogP contribution in [-0.2, 0) is 6.42 Å². The standard InChI is InChI=1S/C14H23NO/c1-2-3-4-12-16-14-9-7-13(8-10-14)6-5-11-15/h7-10H,2-6,11-12,15H2,1H3. The zero-order valence-corrected chi connectivity index (χ0v) is 10.2. The molecule has 0 saturated carbocycles. The molecule has 2 heteroatoms. The van der Waals surface area contributed by atoms with Gasteiger partial charge in [0.25, 0.3) is 0 Å². The van der Waals surface area contributed by atoms with Crippen LogP contribution in [0.5, 0.6) is 5.75 Å². The average Bonchev–Trinajstić information content (AvgIpc) is 2.33. The molecule has 0 aliphatic rings. The van der Waals surface area contributed by atoms with Crippen LogP contribution in [0, 0.1) is 0 Å². The number of ether oxygens (including phenoxy) is 1. The zero-order chi connectivity index (χ0) is 11.6. The molecule has 0 amide bonds. The minimum Gasteiger partial charge on any atom is -0.494 e. The number of nitrogens with two attached hydrogens (primary N) is 1. The van der Waals surface area contributed by atoms with Gasteiger partial charge in [-0.3, -0.25) is 0 Å². The smallest absolute Gasteiger partial charge is 0.119 e. The maximum Gasteiger partial charge on any atom is 0.119 e. The van der Waals surface area contributed by atoms with Crippen LogP contribution in [0.25, 0.3) is 0 Å². The van der Waals surface area contributed by atoms with Crippen molar-refractivity contribution in [2.75, 3.05) is 13.2 Å². The average molecular weight is 221 g/mol. The van der Waals surface area contributed by atoms with Crippen molar-refractivity contribution in [1.29, 1.82) is 0 Å². The maximum absolute atomic E-state index is 5.64. The first kappa shape index (κ1) is 13.0. The van der Waals surface area contributed by atoms with Gasteiger partial charge in [0.1, 0.15) is 5.75 Å². The van der Waals surface area contributed by atoms with Crippen molar-refractivity contribution in [2.24, 2.45) is 5.73 Å². The fraction of sp³-hybridized carbons (Fsp3) is 0.571. The van der Waals surface area contributed by atoms with Crippen molar-refractivity contribution in [3.63, 3.8) is 0 Å². The van der Waals surface area contributed by atoms with Crippen molar-refractivity contribution < 1.29 is 4.74 Å². The van der Waals surface area contributed by atoms with Crippen molar-refractivity contribution in [3.05, 3.63) is 29.8 Å². The Morgan fingerprint density at radius 1 is 1.06 bits per heavy atom. The van der Waals surface area contributed by atoms with Crippen LogP contribution in [0.15, 0.2) is 24.3 Å². The normalized spacial score (nSPS) is 10.4. The maximum atomic E-state index is 5.64. The molecule has 0 aliphatic carbocycles. The summed E-state index contributed by atoms with van der Waals surface area (Å²) in [5, 5.41) is 0. The number of aryl methyl sites for hydroxylation is 1. The van der Waals surface area contributed by atoms with Crippen molar-refractivity contribution >= 4 is 0 Å². The van der Waals surface area contributed by atoms with E-state index in [-0.39, 0.29) is 0 Å². The Balaban J connectivity index is 2.27. The van der Waals surface area contributed by atoms with E-state index < -0.39 is 0 Å². The molecule has 1 rings (SSSR count). The van der Waals surface area contributed by atoms with E-state index in [2.05, 4.69) is 31.2 Å². The van der Waals surface area contributed by atoms with Crippen LogP contribution < -0.4 is 10.5 Å². The highest BCUT2D eigenvalue weighted by molar-refractivity contribution is 5.27. The third-order valence-electron chi connectivity index (χ3n) is 2.61. The van der Waals surface area contributed by atoms with Crippen LogP contribution in [0.2, 0.25) is 0 Å². The molecule has 90 valence electrons. The van der Waals surface area contributed by atoms with Crippen LogP contribution in [0.4, 0.5) is 0 Å². The molecule has 0 saturated heterocycles. The van der Waals surface area contributed by atoms with Gasteiger partial charge < -0.3 is 10.5 Å². The third-order valence-corrected chi connectivity index (χ3v) is 2.61. The molecule has 16 heavy (non-hydrogen) atoms. The van der Waals surface area contributed by atoms with E-state index in [1.54, 1.807) is 0 Å². The summed E-state index contributed by atoms with van der Waals surface area (Å²) in [6.45, 7) is 3.79. The molecule has 0 bridgehead atoms. The predicted octanol–water partition coefficient (Wildman–Crippen LogP) is 3.15. The first-order chi connectivity index (χ1) is 7.86.